The fourth-order valence-electron chi connectivity index (χ4n) is 0.923. The second kappa shape index (κ2) is 4.27. The van der Waals surface area contributed by atoms with Crippen LogP contribution in [0.3, 0.4) is 0 Å². The Bertz CT molecular complexity index is 158. The second-order valence-corrected chi connectivity index (χ2v) is 10.8. The van der Waals surface area contributed by atoms with E-state index in [2.05, 4.69) is 13.8 Å². The van der Waals surface area contributed by atoms with Crippen LogP contribution in [0.1, 0.15) is 26.7 Å². The van der Waals surface area contributed by atoms with Crippen molar-refractivity contribution in [2.45, 2.75) is 32.3 Å². The molecule has 0 radical (unpaired) electrons. The van der Waals surface area contributed by atoms with Gasteiger partial charge in [-0.1, -0.05) is 37.0 Å². The first-order valence-electron chi connectivity index (χ1n) is 4.04. The van der Waals surface area contributed by atoms with Crippen molar-refractivity contribution in [1.29, 1.82) is 0 Å². The van der Waals surface area contributed by atoms with Crippen LogP contribution in [-0.4, -0.2) is 18.0 Å². The van der Waals surface area contributed by atoms with Crippen LogP contribution < -0.4 is 0 Å². The molecule has 1 saturated heterocycles. The molecule has 0 aromatic carbocycles. The first-order chi connectivity index (χ1) is 5.15. The molecular formula is C7H15OPS2. The zero-order chi connectivity index (χ0) is 8.32. The molecule has 1 fully saturated rings. The highest BCUT2D eigenvalue weighted by Gasteiger charge is 2.24. The maximum atomic E-state index is 5.74. The molecule has 1 aliphatic rings. The Balaban J connectivity index is 2.60. The fourth-order valence-corrected chi connectivity index (χ4v) is 5.95. The Morgan fingerprint density at radius 2 is 2.18 bits per heavy atom. The van der Waals surface area contributed by atoms with Gasteiger partial charge in [-0.3, -0.25) is 0 Å². The molecule has 66 valence electrons. The topological polar surface area (TPSA) is 9.23 Å². The van der Waals surface area contributed by atoms with E-state index in [1.807, 2.05) is 11.4 Å². The van der Waals surface area contributed by atoms with Crippen LogP contribution in [0.5, 0.6) is 0 Å². The zero-order valence-electron chi connectivity index (χ0n) is 7.08. The third-order valence-electron chi connectivity index (χ3n) is 1.71. The van der Waals surface area contributed by atoms with Crippen LogP contribution in [0.4, 0.5) is 0 Å². The van der Waals surface area contributed by atoms with Crippen LogP contribution in [-0.2, 0) is 16.3 Å². The predicted octanol–water partition coefficient (Wildman–Crippen LogP) is 3.25. The standard InChI is InChI=1S/C7H15OPS2/c1-7(2)9(10)8-5-3-4-6-11-9/h7H,3-6H2,1-2H3. The maximum absolute atomic E-state index is 5.74. The third kappa shape index (κ3) is 2.73. The maximum Gasteiger partial charge on any atom is 0.122 e. The average molecular weight is 210 g/mol. The summed E-state index contributed by atoms with van der Waals surface area (Å²) in [5.74, 6) is 1.20. The summed E-state index contributed by atoms with van der Waals surface area (Å²) in [4.78, 5) is 0. The molecule has 0 amide bonds. The molecule has 1 aliphatic heterocycles. The van der Waals surface area contributed by atoms with E-state index in [0.717, 1.165) is 6.61 Å². The molecule has 0 aromatic rings. The van der Waals surface area contributed by atoms with E-state index in [1.165, 1.54) is 18.6 Å². The van der Waals surface area contributed by atoms with Crippen molar-refractivity contribution in [2.75, 3.05) is 12.4 Å². The highest BCUT2D eigenvalue weighted by Crippen LogP contribution is 2.64. The normalized spacial score (nSPS) is 33.7. The van der Waals surface area contributed by atoms with Gasteiger partial charge in [0.15, 0.2) is 0 Å². The summed E-state index contributed by atoms with van der Waals surface area (Å²) in [6, 6.07) is 0. The summed E-state index contributed by atoms with van der Waals surface area (Å²) in [6.45, 7) is 5.25. The largest absolute Gasteiger partial charge is 0.341 e. The van der Waals surface area contributed by atoms with Crippen molar-refractivity contribution >= 4 is 28.7 Å². The number of hydrogen-bond donors (Lipinski definition) is 0. The molecule has 0 spiro atoms. The Kier molecular flexibility index (Phi) is 3.90. The molecule has 1 heterocycles. The van der Waals surface area contributed by atoms with Crippen molar-refractivity contribution in [3.8, 4) is 0 Å². The molecule has 0 aliphatic carbocycles. The minimum Gasteiger partial charge on any atom is -0.341 e. The van der Waals surface area contributed by atoms with E-state index in [4.69, 9.17) is 16.3 Å². The lowest BCUT2D eigenvalue weighted by molar-refractivity contribution is 0.348. The second-order valence-electron chi connectivity index (χ2n) is 3.01. The SMILES string of the molecule is CC(C)P1(=S)OCCCCS1. The van der Waals surface area contributed by atoms with Crippen molar-refractivity contribution in [2.24, 2.45) is 0 Å². The smallest absolute Gasteiger partial charge is 0.122 e. The molecule has 1 unspecified atom stereocenters. The van der Waals surface area contributed by atoms with Gasteiger partial charge < -0.3 is 4.52 Å². The predicted molar refractivity (Wildman–Crippen MR) is 57.1 cm³/mol. The Morgan fingerprint density at radius 3 is 2.82 bits per heavy atom. The fraction of sp³-hybridized carbons (Fsp3) is 1.00. The molecular weight excluding hydrogens is 195 g/mol. The van der Waals surface area contributed by atoms with Gasteiger partial charge in [0.1, 0.15) is 5.47 Å². The third-order valence-corrected chi connectivity index (χ3v) is 10.1. The van der Waals surface area contributed by atoms with Crippen molar-refractivity contribution in [3.63, 3.8) is 0 Å². The molecule has 0 saturated carbocycles. The van der Waals surface area contributed by atoms with Crippen LogP contribution in [0.2, 0.25) is 0 Å². The van der Waals surface area contributed by atoms with Crippen molar-refractivity contribution < 1.29 is 4.52 Å². The molecule has 0 N–H and O–H groups in total. The van der Waals surface area contributed by atoms with Crippen LogP contribution in [0.25, 0.3) is 0 Å². The molecule has 1 nitrogen and oxygen atoms in total. The van der Waals surface area contributed by atoms with Crippen molar-refractivity contribution in [3.05, 3.63) is 0 Å². The van der Waals surface area contributed by atoms with E-state index < -0.39 is 5.47 Å². The first kappa shape index (κ1) is 10.0. The molecule has 1 atom stereocenters. The summed E-state index contributed by atoms with van der Waals surface area (Å²) in [5.41, 5.74) is -0.937. The summed E-state index contributed by atoms with van der Waals surface area (Å²) in [5, 5.41) is 0. The number of rotatable bonds is 1. The average Bonchev–Trinajstić information content (AvgIpc) is 2.15. The highest BCUT2D eigenvalue weighted by molar-refractivity contribution is 8.69. The lowest BCUT2D eigenvalue weighted by atomic mass is 10.4. The van der Waals surface area contributed by atoms with Gasteiger partial charge in [-0.25, -0.2) is 0 Å². The van der Waals surface area contributed by atoms with E-state index in [0.29, 0.717) is 5.66 Å². The van der Waals surface area contributed by atoms with E-state index >= 15 is 0 Å². The summed E-state index contributed by atoms with van der Waals surface area (Å²) in [6.07, 6.45) is 2.47. The zero-order valence-corrected chi connectivity index (χ0v) is 9.61. The number of hydrogen-bond acceptors (Lipinski definition) is 3. The van der Waals surface area contributed by atoms with Gasteiger partial charge in [0.25, 0.3) is 0 Å². The summed E-state index contributed by atoms with van der Waals surface area (Å²) >= 11 is 7.41. The van der Waals surface area contributed by atoms with Gasteiger partial charge in [-0.2, -0.15) is 0 Å². The first-order valence-corrected chi connectivity index (χ1v) is 8.42. The van der Waals surface area contributed by atoms with Gasteiger partial charge in [0.2, 0.25) is 0 Å². The minimum atomic E-state index is -1.48. The molecule has 1 rings (SSSR count). The molecule has 11 heavy (non-hydrogen) atoms. The Morgan fingerprint density at radius 1 is 1.45 bits per heavy atom. The minimum absolute atomic E-state index is 0.542. The Labute approximate surface area is 78.1 Å². The lowest BCUT2D eigenvalue weighted by Gasteiger charge is -2.22. The summed E-state index contributed by atoms with van der Waals surface area (Å²) < 4.78 is 5.74. The molecule has 4 heteroatoms. The molecule has 0 aromatic heterocycles. The van der Waals surface area contributed by atoms with Crippen LogP contribution in [0.15, 0.2) is 0 Å². The van der Waals surface area contributed by atoms with Gasteiger partial charge in [0, 0.05) is 11.4 Å². The monoisotopic (exact) mass is 210 g/mol. The van der Waals surface area contributed by atoms with Gasteiger partial charge in [-0.05, 0) is 12.8 Å². The van der Waals surface area contributed by atoms with Gasteiger partial charge in [-0.15, -0.1) is 0 Å². The van der Waals surface area contributed by atoms with E-state index in [1.54, 1.807) is 0 Å². The van der Waals surface area contributed by atoms with E-state index in [-0.39, 0.29) is 0 Å². The van der Waals surface area contributed by atoms with Gasteiger partial charge in [0.05, 0.1) is 6.61 Å². The molecule has 0 bridgehead atoms. The lowest BCUT2D eigenvalue weighted by Crippen LogP contribution is -1.97. The highest BCUT2D eigenvalue weighted by atomic mass is 32.9. The van der Waals surface area contributed by atoms with Crippen molar-refractivity contribution in [1.82, 2.24) is 0 Å². The van der Waals surface area contributed by atoms with Crippen LogP contribution >= 0.6 is 16.8 Å². The Hall–Kier alpha value is 0.960. The summed E-state index contributed by atoms with van der Waals surface area (Å²) in [7, 11) is 0. The van der Waals surface area contributed by atoms with E-state index in [9.17, 15) is 0 Å². The van der Waals surface area contributed by atoms with Gasteiger partial charge >= 0.3 is 0 Å². The van der Waals surface area contributed by atoms with Crippen LogP contribution in [0, 0.1) is 0 Å². The quantitative estimate of drug-likeness (QED) is 0.615.